The van der Waals surface area contributed by atoms with Crippen LogP contribution in [0.4, 0.5) is 5.69 Å². The van der Waals surface area contributed by atoms with Gasteiger partial charge in [-0.3, -0.25) is 4.79 Å². The first-order valence-electron chi connectivity index (χ1n) is 10.1. The molecule has 164 valence electrons. The Kier molecular flexibility index (Phi) is 6.01. The van der Waals surface area contributed by atoms with Crippen molar-refractivity contribution in [2.45, 2.75) is 26.9 Å². The van der Waals surface area contributed by atoms with E-state index in [-0.39, 0.29) is 12.0 Å². The third-order valence-corrected chi connectivity index (χ3v) is 5.12. The van der Waals surface area contributed by atoms with Gasteiger partial charge >= 0.3 is 0 Å². The molecule has 0 aliphatic carbocycles. The van der Waals surface area contributed by atoms with Crippen LogP contribution in [0.1, 0.15) is 29.8 Å². The lowest BCUT2D eigenvalue weighted by atomic mass is 10.1. The number of ether oxygens (including phenoxy) is 2. The number of aryl methyl sites for hydroxylation is 1. The first kappa shape index (κ1) is 21.6. The van der Waals surface area contributed by atoms with Crippen LogP contribution >= 0.6 is 11.6 Å². The Balaban J connectivity index is 1.58. The van der Waals surface area contributed by atoms with Gasteiger partial charge in [-0.05, 0) is 80.9 Å². The van der Waals surface area contributed by atoms with Crippen molar-refractivity contribution in [1.29, 1.82) is 0 Å². The summed E-state index contributed by atoms with van der Waals surface area (Å²) >= 11 is 6.23. The Labute approximate surface area is 190 Å². The average molecular weight is 451 g/mol. The van der Waals surface area contributed by atoms with Crippen LogP contribution in [0.2, 0.25) is 5.02 Å². The predicted octanol–water partition coefficient (Wildman–Crippen LogP) is 5.43. The minimum absolute atomic E-state index is 0.0754. The summed E-state index contributed by atoms with van der Waals surface area (Å²) in [6.45, 7) is 5.83. The van der Waals surface area contributed by atoms with Crippen LogP contribution in [-0.2, 0) is 0 Å². The molecule has 0 saturated carbocycles. The molecule has 0 saturated heterocycles. The SMILES string of the molecule is COc1ccc(-n2nc3cc(C)c(NC(=O)c4ccc(OC(C)C)cc4)cc3n2)cc1Cl. The number of hydrogen-bond acceptors (Lipinski definition) is 5. The van der Waals surface area contributed by atoms with Gasteiger partial charge in [0.1, 0.15) is 22.5 Å². The first-order chi connectivity index (χ1) is 15.3. The molecular formula is C24H23ClN4O3. The number of carbonyl (C=O) groups is 1. The van der Waals surface area contributed by atoms with E-state index in [1.165, 1.54) is 4.80 Å². The Morgan fingerprint density at radius 1 is 1.03 bits per heavy atom. The smallest absolute Gasteiger partial charge is 0.255 e. The molecule has 1 aromatic heterocycles. The summed E-state index contributed by atoms with van der Waals surface area (Å²) in [7, 11) is 1.56. The largest absolute Gasteiger partial charge is 0.495 e. The topological polar surface area (TPSA) is 78.3 Å². The lowest BCUT2D eigenvalue weighted by Gasteiger charge is -2.11. The van der Waals surface area contributed by atoms with Crippen LogP contribution in [0.15, 0.2) is 54.6 Å². The van der Waals surface area contributed by atoms with Crippen molar-refractivity contribution < 1.29 is 14.3 Å². The van der Waals surface area contributed by atoms with Crippen molar-refractivity contribution in [3.05, 3.63) is 70.7 Å². The Bertz CT molecular complexity index is 1280. The average Bonchev–Trinajstić information content (AvgIpc) is 3.16. The number of aromatic nitrogens is 3. The normalized spacial score (nSPS) is 11.1. The fraction of sp³-hybridized carbons (Fsp3) is 0.208. The maximum absolute atomic E-state index is 12.7. The van der Waals surface area contributed by atoms with E-state index in [1.54, 1.807) is 43.5 Å². The summed E-state index contributed by atoms with van der Waals surface area (Å²) in [5, 5.41) is 12.5. The van der Waals surface area contributed by atoms with Crippen LogP contribution in [-0.4, -0.2) is 34.1 Å². The zero-order valence-corrected chi connectivity index (χ0v) is 19.0. The molecule has 4 aromatic rings. The number of nitrogens with zero attached hydrogens (tertiary/aromatic N) is 3. The lowest BCUT2D eigenvalue weighted by molar-refractivity contribution is 0.102. The second kappa shape index (κ2) is 8.88. The predicted molar refractivity (Wildman–Crippen MR) is 125 cm³/mol. The van der Waals surface area contributed by atoms with Crippen LogP contribution < -0.4 is 14.8 Å². The highest BCUT2D eigenvalue weighted by Crippen LogP contribution is 2.27. The maximum atomic E-state index is 12.7. The van der Waals surface area contributed by atoms with Crippen molar-refractivity contribution in [3.8, 4) is 17.2 Å². The molecular weight excluding hydrogens is 428 g/mol. The molecule has 0 fully saturated rings. The second-order valence-corrected chi connectivity index (χ2v) is 8.02. The van der Waals surface area contributed by atoms with E-state index in [4.69, 9.17) is 21.1 Å². The van der Waals surface area contributed by atoms with Gasteiger partial charge in [-0.25, -0.2) is 0 Å². The van der Waals surface area contributed by atoms with Gasteiger partial charge in [0.05, 0.1) is 23.9 Å². The molecule has 7 nitrogen and oxygen atoms in total. The van der Waals surface area contributed by atoms with Crippen molar-refractivity contribution in [3.63, 3.8) is 0 Å². The number of methoxy groups -OCH3 is 1. The van der Waals surface area contributed by atoms with Gasteiger partial charge in [0, 0.05) is 11.3 Å². The number of halogens is 1. The molecule has 1 amide bonds. The van der Waals surface area contributed by atoms with Crippen molar-refractivity contribution in [2.24, 2.45) is 0 Å². The molecule has 0 bridgehead atoms. The lowest BCUT2D eigenvalue weighted by Crippen LogP contribution is -2.13. The van der Waals surface area contributed by atoms with Gasteiger partial charge in [0.2, 0.25) is 0 Å². The molecule has 32 heavy (non-hydrogen) atoms. The third-order valence-electron chi connectivity index (χ3n) is 4.83. The Morgan fingerprint density at radius 2 is 1.72 bits per heavy atom. The Hall–Kier alpha value is -3.58. The van der Waals surface area contributed by atoms with E-state index in [2.05, 4.69) is 15.5 Å². The summed E-state index contributed by atoms with van der Waals surface area (Å²) in [6.07, 6.45) is 0.0754. The molecule has 3 aromatic carbocycles. The Morgan fingerprint density at radius 3 is 2.34 bits per heavy atom. The van der Waals surface area contributed by atoms with E-state index in [9.17, 15) is 4.79 Å². The van der Waals surface area contributed by atoms with Gasteiger partial charge in [-0.2, -0.15) is 4.80 Å². The van der Waals surface area contributed by atoms with Gasteiger partial charge in [-0.1, -0.05) is 11.6 Å². The van der Waals surface area contributed by atoms with Crippen LogP contribution in [0, 0.1) is 6.92 Å². The van der Waals surface area contributed by atoms with Gasteiger partial charge in [0.25, 0.3) is 5.91 Å². The van der Waals surface area contributed by atoms with Gasteiger partial charge in [-0.15, -0.1) is 10.2 Å². The van der Waals surface area contributed by atoms with Crippen molar-refractivity contribution in [1.82, 2.24) is 15.0 Å². The molecule has 0 radical (unpaired) electrons. The molecule has 0 aliphatic rings. The summed E-state index contributed by atoms with van der Waals surface area (Å²) in [6, 6.07) is 16.1. The number of nitrogens with one attached hydrogen (secondary N) is 1. The highest BCUT2D eigenvalue weighted by Gasteiger charge is 2.13. The quantitative estimate of drug-likeness (QED) is 0.423. The maximum Gasteiger partial charge on any atom is 0.255 e. The number of benzene rings is 3. The second-order valence-electron chi connectivity index (χ2n) is 7.61. The van der Waals surface area contributed by atoms with Crippen LogP contribution in [0.5, 0.6) is 11.5 Å². The number of fused-ring (bicyclic) bond motifs is 1. The number of hydrogen-bond donors (Lipinski definition) is 1. The summed E-state index contributed by atoms with van der Waals surface area (Å²) in [5.74, 6) is 1.10. The number of anilines is 1. The van der Waals surface area contributed by atoms with E-state index in [0.29, 0.717) is 38.7 Å². The van der Waals surface area contributed by atoms with Gasteiger partial charge in [0.15, 0.2) is 0 Å². The fourth-order valence-electron chi connectivity index (χ4n) is 3.25. The minimum Gasteiger partial charge on any atom is -0.495 e. The summed E-state index contributed by atoms with van der Waals surface area (Å²) < 4.78 is 10.8. The molecule has 0 aliphatic heterocycles. The number of amides is 1. The monoisotopic (exact) mass is 450 g/mol. The van der Waals surface area contributed by atoms with E-state index < -0.39 is 0 Å². The van der Waals surface area contributed by atoms with E-state index in [1.807, 2.05) is 39.0 Å². The molecule has 4 rings (SSSR count). The number of rotatable bonds is 6. The molecule has 0 atom stereocenters. The minimum atomic E-state index is -0.210. The highest BCUT2D eigenvalue weighted by atomic mass is 35.5. The third kappa shape index (κ3) is 4.53. The fourth-order valence-corrected chi connectivity index (χ4v) is 3.50. The molecule has 8 heteroatoms. The molecule has 1 N–H and O–H groups in total. The zero-order valence-electron chi connectivity index (χ0n) is 18.2. The summed E-state index contributed by atoms with van der Waals surface area (Å²) in [4.78, 5) is 14.2. The van der Waals surface area contributed by atoms with Crippen molar-refractivity contribution >= 4 is 34.2 Å². The molecule has 1 heterocycles. The molecule has 0 unspecified atom stereocenters. The number of carbonyl (C=O) groups excluding carboxylic acids is 1. The highest BCUT2D eigenvalue weighted by molar-refractivity contribution is 6.32. The standard InChI is InChI=1S/C24H23ClN4O3/c1-14(2)32-18-8-5-16(6-9-18)24(30)26-20-13-22-21(11-15(20)3)27-29(28-22)17-7-10-23(31-4)19(25)12-17/h5-14H,1-4H3,(H,26,30). The van der Waals surface area contributed by atoms with Gasteiger partial charge < -0.3 is 14.8 Å². The molecule has 0 spiro atoms. The zero-order chi connectivity index (χ0) is 22.8. The van der Waals surface area contributed by atoms with E-state index >= 15 is 0 Å². The van der Waals surface area contributed by atoms with Crippen molar-refractivity contribution in [2.75, 3.05) is 12.4 Å². The van der Waals surface area contributed by atoms with Crippen LogP contribution in [0.3, 0.4) is 0 Å². The van der Waals surface area contributed by atoms with E-state index in [0.717, 1.165) is 11.3 Å². The summed E-state index contributed by atoms with van der Waals surface area (Å²) in [5.41, 5.74) is 4.16. The first-order valence-corrected chi connectivity index (χ1v) is 10.5. The van der Waals surface area contributed by atoms with Crippen LogP contribution in [0.25, 0.3) is 16.7 Å².